The number of pyridine rings is 1. The zero-order chi connectivity index (χ0) is 8.97. The molecule has 1 rings (SSSR count). The Hall–Kier alpha value is -2.09. The molecule has 2 N–H and O–H groups in total. The molecule has 0 aromatic carbocycles. The smallest absolute Gasteiger partial charge is 0.266 e. The van der Waals surface area contributed by atoms with Gasteiger partial charge in [-0.15, -0.1) is 0 Å². The molecule has 0 radical (unpaired) electrons. The van der Waals surface area contributed by atoms with E-state index in [2.05, 4.69) is 10.1 Å². The number of oxime groups is 1. The van der Waals surface area contributed by atoms with Crippen LogP contribution >= 0.6 is 0 Å². The Kier molecular flexibility index (Phi) is 2.23. The summed E-state index contributed by atoms with van der Waals surface area (Å²) in [5, 5.41) is 19.2. The lowest BCUT2D eigenvalue weighted by Gasteiger charge is -1.90. The third-order valence-electron chi connectivity index (χ3n) is 1.25. The molecule has 1 aromatic heterocycles. The SMILES string of the molecule is N#Cc1ccc(/C=N/O)[nH]c1=O. The van der Waals surface area contributed by atoms with Gasteiger partial charge in [0.05, 0.1) is 11.9 Å². The van der Waals surface area contributed by atoms with Crippen LogP contribution in [-0.4, -0.2) is 16.4 Å². The normalized spacial score (nSPS) is 9.92. The highest BCUT2D eigenvalue weighted by Gasteiger charge is 1.96. The number of hydrogen-bond acceptors (Lipinski definition) is 4. The van der Waals surface area contributed by atoms with E-state index in [1.807, 2.05) is 0 Å². The van der Waals surface area contributed by atoms with E-state index < -0.39 is 5.56 Å². The molecule has 5 heteroatoms. The summed E-state index contributed by atoms with van der Waals surface area (Å²) in [6.45, 7) is 0. The van der Waals surface area contributed by atoms with Gasteiger partial charge in [0.15, 0.2) is 0 Å². The Morgan fingerprint density at radius 3 is 2.92 bits per heavy atom. The molecule has 0 saturated heterocycles. The van der Waals surface area contributed by atoms with Crippen LogP contribution in [0.3, 0.4) is 0 Å². The van der Waals surface area contributed by atoms with Gasteiger partial charge in [-0.3, -0.25) is 4.79 Å². The number of nitrogens with one attached hydrogen (secondary N) is 1. The maximum absolute atomic E-state index is 10.9. The Bertz CT molecular complexity index is 400. The summed E-state index contributed by atoms with van der Waals surface area (Å²) < 4.78 is 0. The summed E-state index contributed by atoms with van der Waals surface area (Å²) in [5.74, 6) is 0. The van der Waals surface area contributed by atoms with Crippen molar-refractivity contribution in [2.45, 2.75) is 0 Å². The quantitative estimate of drug-likeness (QED) is 0.348. The van der Waals surface area contributed by atoms with Crippen LogP contribution in [0.4, 0.5) is 0 Å². The van der Waals surface area contributed by atoms with E-state index in [1.54, 1.807) is 6.07 Å². The van der Waals surface area contributed by atoms with Crippen molar-refractivity contribution in [3.63, 3.8) is 0 Å². The minimum atomic E-state index is -0.491. The molecule has 0 spiro atoms. The molecular formula is C7H5N3O2. The highest BCUT2D eigenvalue weighted by molar-refractivity contribution is 5.76. The third-order valence-corrected chi connectivity index (χ3v) is 1.25. The van der Waals surface area contributed by atoms with Crippen molar-refractivity contribution in [2.24, 2.45) is 5.16 Å². The maximum atomic E-state index is 10.9. The van der Waals surface area contributed by atoms with Crippen LogP contribution in [-0.2, 0) is 0 Å². The first-order valence-electron chi connectivity index (χ1n) is 3.09. The van der Waals surface area contributed by atoms with Crippen LogP contribution in [0.15, 0.2) is 22.1 Å². The summed E-state index contributed by atoms with van der Waals surface area (Å²) in [5.41, 5.74) is -0.110. The molecule has 0 amide bonds. The van der Waals surface area contributed by atoms with E-state index in [-0.39, 0.29) is 5.56 Å². The number of hydrogen-bond donors (Lipinski definition) is 2. The summed E-state index contributed by atoms with van der Waals surface area (Å²) in [4.78, 5) is 13.3. The fourth-order valence-electron chi connectivity index (χ4n) is 0.714. The number of aromatic amines is 1. The molecule has 5 nitrogen and oxygen atoms in total. The first-order chi connectivity index (χ1) is 5.77. The maximum Gasteiger partial charge on any atom is 0.266 e. The van der Waals surface area contributed by atoms with Crippen LogP contribution in [0.5, 0.6) is 0 Å². The van der Waals surface area contributed by atoms with Crippen molar-refractivity contribution in [2.75, 3.05) is 0 Å². The van der Waals surface area contributed by atoms with Crippen molar-refractivity contribution in [3.05, 3.63) is 33.7 Å². The molecule has 0 unspecified atom stereocenters. The monoisotopic (exact) mass is 163 g/mol. The lowest BCUT2D eigenvalue weighted by molar-refractivity contribution is 0.321. The fraction of sp³-hybridized carbons (Fsp3) is 0. The fourth-order valence-corrected chi connectivity index (χ4v) is 0.714. The number of aromatic nitrogens is 1. The predicted molar refractivity (Wildman–Crippen MR) is 41.2 cm³/mol. The van der Waals surface area contributed by atoms with Crippen LogP contribution in [0.2, 0.25) is 0 Å². The first-order valence-corrected chi connectivity index (χ1v) is 3.09. The van der Waals surface area contributed by atoms with Gasteiger partial charge in [-0.05, 0) is 12.1 Å². The van der Waals surface area contributed by atoms with Gasteiger partial charge in [-0.25, -0.2) is 0 Å². The Labute approximate surface area is 67.6 Å². The molecule has 0 bridgehead atoms. The van der Waals surface area contributed by atoms with Gasteiger partial charge in [0.25, 0.3) is 5.56 Å². The molecule has 12 heavy (non-hydrogen) atoms. The van der Waals surface area contributed by atoms with Crippen LogP contribution in [0.1, 0.15) is 11.3 Å². The number of nitriles is 1. The molecule has 1 aromatic rings. The van der Waals surface area contributed by atoms with E-state index in [9.17, 15) is 4.79 Å². The molecular weight excluding hydrogens is 158 g/mol. The third kappa shape index (κ3) is 1.49. The lowest BCUT2D eigenvalue weighted by Crippen LogP contribution is -2.11. The van der Waals surface area contributed by atoms with E-state index in [4.69, 9.17) is 10.5 Å². The number of nitrogens with zero attached hydrogens (tertiary/aromatic N) is 2. The number of rotatable bonds is 1. The van der Waals surface area contributed by atoms with Gasteiger partial charge in [-0.2, -0.15) is 5.26 Å². The van der Waals surface area contributed by atoms with Crippen molar-refractivity contribution < 1.29 is 5.21 Å². The zero-order valence-electron chi connectivity index (χ0n) is 5.98. The standard InChI is InChI=1S/C7H5N3O2/c8-3-5-1-2-6(4-9-12)10-7(5)11/h1-2,4,12H,(H,10,11)/b9-4+. The van der Waals surface area contributed by atoms with Gasteiger partial charge >= 0.3 is 0 Å². The second kappa shape index (κ2) is 3.34. The topological polar surface area (TPSA) is 89.2 Å². The van der Waals surface area contributed by atoms with E-state index >= 15 is 0 Å². The average Bonchev–Trinajstić information content (AvgIpc) is 2.05. The van der Waals surface area contributed by atoms with Gasteiger partial charge in [0.1, 0.15) is 11.6 Å². The molecule has 0 aliphatic heterocycles. The summed E-state index contributed by atoms with van der Waals surface area (Å²) in [6.07, 6.45) is 1.07. The summed E-state index contributed by atoms with van der Waals surface area (Å²) in [6, 6.07) is 4.54. The Balaban J connectivity index is 3.22. The van der Waals surface area contributed by atoms with Crippen LogP contribution in [0, 0.1) is 11.3 Å². The van der Waals surface area contributed by atoms with Gasteiger partial charge < -0.3 is 10.2 Å². The largest absolute Gasteiger partial charge is 0.411 e. The van der Waals surface area contributed by atoms with E-state index in [0.29, 0.717) is 5.69 Å². The summed E-state index contributed by atoms with van der Waals surface area (Å²) in [7, 11) is 0. The average molecular weight is 163 g/mol. The van der Waals surface area contributed by atoms with Crippen molar-refractivity contribution >= 4 is 6.21 Å². The Morgan fingerprint density at radius 2 is 2.42 bits per heavy atom. The van der Waals surface area contributed by atoms with Crippen molar-refractivity contribution in [1.29, 1.82) is 5.26 Å². The molecule has 0 aliphatic rings. The van der Waals surface area contributed by atoms with Crippen molar-refractivity contribution in [3.8, 4) is 6.07 Å². The second-order valence-corrected chi connectivity index (χ2v) is 2.01. The molecule has 1 heterocycles. The highest BCUT2D eigenvalue weighted by atomic mass is 16.4. The highest BCUT2D eigenvalue weighted by Crippen LogP contribution is 1.89. The molecule has 60 valence electrons. The predicted octanol–water partition coefficient (Wildman–Crippen LogP) is 0.0547. The van der Waals surface area contributed by atoms with Crippen LogP contribution < -0.4 is 5.56 Å². The zero-order valence-corrected chi connectivity index (χ0v) is 5.98. The van der Waals surface area contributed by atoms with Gasteiger partial charge in [0, 0.05) is 0 Å². The van der Waals surface area contributed by atoms with Crippen molar-refractivity contribution in [1.82, 2.24) is 4.98 Å². The molecule has 0 fully saturated rings. The molecule has 0 saturated carbocycles. The minimum Gasteiger partial charge on any atom is -0.411 e. The number of H-pyrrole nitrogens is 1. The van der Waals surface area contributed by atoms with Crippen LogP contribution in [0.25, 0.3) is 0 Å². The minimum absolute atomic E-state index is 0.0325. The molecule has 0 aliphatic carbocycles. The first kappa shape index (κ1) is 8.01. The molecule has 0 atom stereocenters. The van der Waals surface area contributed by atoms with Gasteiger partial charge in [0.2, 0.25) is 0 Å². The lowest BCUT2D eigenvalue weighted by atomic mass is 10.3. The van der Waals surface area contributed by atoms with Gasteiger partial charge in [-0.1, -0.05) is 5.16 Å². The van der Waals surface area contributed by atoms with E-state index in [0.717, 1.165) is 6.21 Å². The Morgan fingerprint density at radius 1 is 1.67 bits per heavy atom. The summed E-state index contributed by atoms with van der Waals surface area (Å²) >= 11 is 0. The van der Waals surface area contributed by atoms with E-state index in [1.165, 1.54) is 12.1 Å². The second-order valence-electron chi connectivity index (χ2n) is 2.01.